The minimum absolute atomic E-state index is 0.0256. The third kappa shape index (κ3) is 4.27. The molecule has 7 nitrogen and oxygen atoms in total. The number of nitrogens with zero attached hydrogens (tertiary/aromatic N) is 2. The Morgan fingerprint density at radius 3 is 2.37 bits per heavy atom. The number of morpholine rings is 1. The van der Waals surface area contributed by atoms with Crippen LogP contribution in [0.4, 0.5) is 0 Å². The lowest BCUT2D eigenvalue weighted by Gasteiger charge is -2.31. The number of carbonyl (C=O) groups is 1. The van der Waals surface area contributed by atoms with Crippen LogP contribution in [0, 0.1) is 6.92 Å². The van der Waals surface area contributed by atoms with Gasteiger partial charge in [-0.05, 0) is 24.6 Å². The molecule has 0 spiro atoms. The lowest BCUT2D eigenvalue weighted by atomic mass is 10.1. The monoisotopic (exact) mass is 430 g/mol. The summed E-state index contributed by atoms with van der Waals surface area (Å²) < 4.78 is 33.7. The average molecular weight is 431 g/mol. The molecule has 0 bridgehead atoms. The SMILES string of the molecule is Cc1ccc(S(=O)(=O)N2CCN(C(=O)C[NH+]3CCOCC3)C2c2ccccc2)cc1. The van der Waals surface area contributed by atoms with Crippen LogP contribution in [0.15, 0.2) is 59.5 Å². The van der Waals surface area contributed by atoms with Gasteiger partial charge in [0, 0.05) is 13.1 Å². The normalized spacial score (nSPS) is 21.1. The molecular formula is C22H28N3O4S+. The number of aryl methyl sites for hydroxylation is 1. The molecule has 0 aromatic heterocycles. The zero-order valence-electron chi connectivity index (χ0n) is 17.2. The first-order chi connectivity index (χ1) is 14.5. The number of sulfonamides is 1. The van der Waals surface area contributed by atoms with Gasteiger partial charge in [0.1, 0.15) is 19.3 Å². The Bertz CT molecular complexity index is 973. The lowest BCUT2D eigenvalue weighted by Crippen LogP contribution is -3.15. The maximum absolute atomic E-state index is 13.5. The van der Waals surface area contributed by atoms with Gasteiger partial charge in [0.05, 0.1) is 18.1 Å². The highest BCUT2D eigenvalue weighted by Gasteiger charge is 2.43. The predicted molar refractivity (Wildman–Crippen MR) is 112 cm³/mol. The Balaban J connectivity index is 1.64. The molecule has 1 amide bonds. The second-order valence-electron chi connectivity index (χ2n) is 7.84. The first kappa shape index (κ1) is 21.0. The number of ether oxygens (including phenoxy) is 1. The lowest BCUT2D eigenvalue weighted by molar-refractivity contribution is -0.900. The molecular weight excluding hydrogens is 402 g/mol. The van der Waals surface area contributed by atoms with Crippen LogP contribution in [0.25, 0.3) is 0 Å². The molecule has 4 rings (SSSR count). The molecule has 2 aromatic rings. The third-order valence-electron chi connectivity index (χ3n) is 5.78. The van der Waals surface area contributed by atoms with Gasteiger partial charge in [-0.3, -0.25) is 4.79 Å². The standard InChI is InChI=1S/C22H27N3O4S/c1-18-7-9-20(10-8-18)30(27,28)25-12-11-24(22(25)19-5-3-2-4-6-19)21(26)17-23-13-15-29-16-14-23/h2-10,22H,11-17H2,1H3/p+1. The molecule has 0 saturated carbocycles. The van der Waals surface area contributed by atoms with Crippen molar-refractivity contribution in [3.63, 3.8) is 0 Å². The minimum atomic E-state index is -3.74. The van der Waals surface area contributed by atoms with E-state index < -0.39 is 16.2 Å². The van der Waals surface area contributed by atoms with Gasteiger partial charge in [-0.1, -0.05) is 48.0 Å². The van der Waals surface area contributed by atoms with Crippen LogP contribution in [-0.4, -0.2) is 69.5 Å². The molecule has 1 unspecified atom stereocenters. The zero-order valence-corrected chi connectivity index (χ0v) is 18.0. The fourth-order valence-corrected chi connectivity index (χ4v) is 5.66. The molecule has 2 aliphatic rings. The third-order valence-corrected chi connectivity index (χ3v) is 7.64. The number of carbonyl (C=O) groups excluding carboxylic acids is 1. The van der Waals surface area contributed by atoms with Gasteiger partial charge in [0.15, 0.2) is 6.54 Å². The topological polar surface area (TPSA) is 71.4 Å². The van der Waals surface area contributed by atoms with Crippen LogP contribution in [0.3, 0.4) is 0 Å². The van der Waals surface area contributed by atoms with E-state index in [1.807, 2.05) is 37.3 Å². The number of hydrogen-bond donors (Lipinski definition) is 1. The predicted octanol–water partition coefficient (Wildman–Crippen LogP) is 0.442. The molecule has 0 radical (unpaired) electrons. The summed E-state index contributed by atoms with van der Waals surface area (Å²) >= 11 is 0. The number of rotatable bonds is 5. The van der Waals surface area contributed by atoms with Gasteiger partial charge in [-0.15, -0.1) is 0 Å². The van der Waals surface area contributed by atoms with E-state index in [-0.39, 0.29) is 17.3 Å². The van der Waals surface area contributed by atoms with Crippen LogP contribution >= 0.6 is 0 Å². The van der Waals surface area contributed by atoms with E-state index in [1.54, 1.807) is 29.2 Å². The van der Waals surface area contributed by atoms with E-state index in [9.17, 15) is 13.2 Å². The van der Waals surface area contributed by atoms with Crippen molar-refractivity contribution in [3.05, 3.63) is 65.7 Å². The van der Waals surface area contributed by atoms with Crippen LogP contribution in [0.2, 0.25) is 0 Å². The molecule has 2 fully saturated rings. The van der Waals surface area contributed by atoms with Crippen molar-refractivity contribution in [1.82, 2.24) is 9.21 Å². The number of quaternary nitrogens is 1. The van der Waals surface area contributed by atoms with Crippen LogP contribution in [0.1, 0.15) is 17.3 Å². The summed E-state index contributed by atoms with van der Waals surface area (Å²) in [5.41, 5.74) is 1.80. The molecule has 0 aliphatic carbocycles. The smallest absolute Gasteiger partial charge is 0.279 e. The molecule has 1 atom stereocenters. The molecule has 30 heavy (non-hydrogen) atoms. The van der Waals surface area contributed by atoms with E-state index >= 15 is 0 Å². The number of nitrogens with one attached hydrogen (secondary N) is 1. The van der Waals surface area contributed by atoms with E-state index in [1.165, 1.54) is 9.21 Å². The maximum Gasteiger partial charge on any atom is 0.279 e. The van der Waals surface area contributed by atoms with Gasteiger partial charge in [-0.2, -0.15) is 4.31 Å². The van der Waals surface area contributed by atoms with Crippen molar-refractivity contribution in [2.24, 2.45) is 0 Å². The van der Waals surface area contributed by atoms with Crippen molar-refractivity contribution in [2.75, 3.05) is 45.9 Å². The van der Waals surface area contributed by atoms with Crippen molar-refractivity contribution in [2.45, 2.75) is 18.0 Å². The summed E-state index contributed by atoms with van der Waals surface area (Å²) in [7, 11) is -3.74. The van der Waals surface area contributed by atoms with Gasteiger partial charge in [-0.25, -0.2) is 8.42 Å². The highest BCUT2D eigenvalue weighted by Crippen LogP contribution is 2.34. The highest BCUT2D eigenvalue weighted by molar-refractivity contribution is 7.89. The summed E-state index contributed by atoms with van der Waals surface area (Å²) in [6, 6.07) is 16.3. The maximum atomic E-state index is 13.5. The Morgan fingerprint density at radius 1 is 1.03 bits per heavy atom. The Hall–Kier alpha value is -2.26. The minimum Gasteiger partial charge on any atom is -0.370 e. The molecule has 2 aliphatic heterocycles. The Morgan fingerprint density at radius 2 is 1.70 bits per heavy atom. The second kappa shape index (κ2) is 8.85. The molecule has 2 saturated heterocycles. The summed E-state index contributed by atoms with van der Waals surface area (Å²) in [6.45, 7) is 5.82. The fourth-order valence-electron chi connectivity index (χ4n) is 4.09. The summed E-state index contributed by atoms with van der Waals surface area (Å²) in [6.07, 6.45) is -0.634. The molecule has 8 heteroatoms. The highest BCUT2D eigenvalue weighted by atomic mass is 32.2. The quantitative estimate of drug-likeness (QED) is 0.748. The Kier molecular flexibility index (Phi) is 6.19. The largest absolute Gasteiger partial charge is 0.370 e. The molecule has 2 aromatic carbocycles. The van der Waals surface area contributed by atoms with Gasteiger partial charge < -0.3 is 14.5 Å². The van der Waals surface area contributed by atoms with E-state index in [0.29, 0.717) is 26.3 Å². The van der Waals surface area contributed by atoms with E-state index in [2.05, 4.69) is 0 Å². The zero-order chi connectivity index (χ0) is 21.1. The van der Waals surface area contributed by atoms with Crippen molar-refractivity contribution >= 4 is 15.9 Å². The van der Waals surface area contributed by atoms with Gasteiger partial charge in [0.2, 0.25) is 10.0 Å². The number of amides is 1. The summed E-state index contributed by atoms with van der Waals surface area (Å²) in [4.78, 5) is 16.3. The second-order valence-corrected chi connectivity index (χ2v) is 9.73. The first-order valence-corrected chi connectivity index (χ1v) is 11.7. The summed E-state index contributed by atoms with van der Waals surface area (Å²) in [5, 5.41) is 0. The molecule has 2 heterocycles. The van der Waals surface area contributed by atoms with Crippen LogP contribution < -0.4 is 4.90 Å². The average Bonchev–Trinajstić information content (AvgIpc) is 3.22. The fraction of sp³-hybridized carbons (Fsp3) is 0.409. The Labute approximate surface area is 177 Å². The summed E-state index contributed by atoms with van der Waals surface area (Å²) in [5.74, 6) is -0.0256. The van der Waals surface area contributed by atoms with Gasteiger partial charge in [0.25, 0.3) is 5.91 Å². The van der Waals surface area contributed by atoms with Crippen LogP contribution in [-0.2, 0) is 19.6 Å². The van der Waals surface area contributed by atoms with Gasteiger partial charge >= 0.3 is 0 Å². The van der Waals surface area contributed by atoms with Crippen molar-refractivity contribution < 1.29 is 22.8 Å². The number of benzene rings is 2. The van der Waals surface area contributed by atoms with Crippen molar-refractivity contribution in [3.8, 4) is 0 Å². The molecule has 1 N–H and O–H groups in total. The number of hydrogen-bond acceptors (Lipinski definition) is 4. The first-order valence-electron chi connectivity index (χ1n) is 10.3. The van der Waals surface area contributed by atoms with E-state index in [0.717, 1.165) is 24.2 Å². The van der Waals surface area contributed by atoms with E-state index in [4.69, 9.17) is 4.74 Å². The van der Waals surface area contributed by atoms with Crippen molar-refractivity contribution in [1.29, 1.82) is 0 Å². The van der Waals surface area contributed by atoms with Crippen LogP contribution in [0.5, 0.6) is 0 Å². The molecule has 160 valence electrons.